The molecule has 2 aliphatic heterocycles. The molecule has 3 heterocycles. The van der Waals surface area contributed by atoms with Crippen molar-refractivity contribution in [3.8, 4) is 0 Å². The first kappa shape index (κ1) is 19.5. The number of aryl methyl sites for hydroxylation is 1. The molecule has 2 aromatic rings. The average molecular weight is 436 g/mol. The van der Waals surface area contributed by atoms with Gasteiger partial charge in [-0.05, 0) is 49.0 Å². The second kappa shape index (κ2) is 7.23. The number of fused-ring (bicyclic) bond motifs is 1. The molecule has 1 aromatic heterocycles. The summed E-state index contributed by atoms with van der Waals surface area (Å²) >= 11 is 1.59. The van der Waals surface area contributed by atoms with Crippen molar-refractivity contribution in [2.45, 2.75) is 23.1 Å². The third kappa shape index (κ3) is 4.01. The van der Waals surface area contributed by atoms with E-state index in [0.29, 0.717) is 10.1 Å². The maximum Gasteiger partial charge on any atom is 0.441 e. The van der Waals surface area contributed by atoms with Crippen LogP contribution in [0, 0.1) is 12.3 Å². The van der Waals surface area contributed by atoms with Gasteiger partial charge in [0.05, 0.1) is 5.57 Å². The quantitative estimate of drug-likeness (QED) is 0.691. The Balaban J connectivity index is 1.57. The van der Waals surface area contributed by atoms with Gasteiger partial charge in [0.15, 0.2) is 10.9 Å². The van der Waals surface area contributed by atoms with E-state index in [9.17, 15) is 18.0 Å². The zero-order valence-electron chi connectivity index (χ0n) is 14.6. The first-order valence-electron chi connectivity index (χ1n) is 8.12. The van der Waals surface area contributed by atoms with E-state index < -0.39 is 23.0 Å². The lowest BCUT2D eigenvalue weighted by Gasteiger charge is -2.19. The predicted octanol–water partition coefficient (Wildman–Crippen LogP) is 4.92. The molecule has 0 atom stereocenters. The molecule has 0 unspecified atom stereocenters. The maximum absolute atomic E-state index is 12.9. The normalized spacial score (nSPS) is 18.2. The van der Waals surface area contributed by atoms with E-state index in [2.05, 4.69) is 10.1 Å². The fourth-order valence-corrected chi connectivity index (χ4v) is 3.97. The molecule has 2 aliphatic rings. The van der Waals surface area contributed by atoms with Gasteiger partial charge in [-0.2, -0.15) is 28.3 Å². The highest BCUT2D eigenvalue weighted by atomic mass is 32.2. The summed E-state index contributed by atoms with van der Waals surface area (Å²) in [6.07, 6.45) is -3.41. The molecular formula is C18H11F3N4O2S2. The molecular weight excluding hydrogens is 425 g/mol. The van der Waals surface area contributed by atoms with Crippen LogP contribution in [0.4, 0.5) is 13.2 Å². The molecule has 0 spiro atoms. The van der Waals surface area contributed by atoms with Gasteiger partial charge in [-0.15, -0.1) is 0 Å². The van der Waals surface area contributed by atoms with Gasteiger partial charge in [-0.25, -0.2) is 0 Å². The molecule has 0 saturated heterocycles. The Morgan fingerprint density at radius 1 is 1.21 bits per heavy atom. The molecule has 0 aliphatic carbocycles. The average Bonchev–Trinajstić information content (AvgIpc) is 3.27. The Hall–Kier alpha value is -2.79. The monoisotopic (exact) mass is 436 g/mol. The van der Waals surface area contributed by atoms with E-state index in [1.54, 1.807) is 12.1 Å². The van der Waals surface area contributed by atoms with E-state index >= 15 is 0 Å². The molecule has 4 rings (SSSR count). The molecule has 0 bridgehead atoms. The van der Waals surface area contributed by atoms with Crippen LogP contribution in [-0.2, 0) is 4.79 Å². The summed E-state index contributed by atoms with van der Waals surface area (Å²) in [5.41, 5.74) is 0.924. The molecule has 11 heteroatoms. The number of aliphatic imine (C=N–C) groups is 1. The van der Waals surface area contributed by atoms with Gasteiger partial charge >= 0.3 is 6.18 Å². The van der Waals surface area contributed by atoms with Crippen molar-refractivity contribution in [1.82, 2.24) is 5.01 Å². The second-order valence-electron chi connectivity index (χ2n) is 5.99. The summed E-state index contributed by atoms with van der Waals surface area (Å²) in [6.45, 7) is 1.98. The number of hydrogen-bond donors (Lipinski definition) is 1. The number of rotatable bonds is 3. The van der Waals surface area contributed by atoms with E-state index in [4.69, 9.17) is 9.83 Å². The van der Waals surface area contributed by atoms with E-state index in [1.165, 1.54) is 17.8 Å². The number of halogens is 3. The van der Waals surface area contributed by atoms with Crippen LogP contribution in [0.1, 0.15) is 11.3 Å². The number of amidine groups is 2. The highest BCUT2D eigenvalue weighted by molar-refractivity contribution is 8.27. The predicted molar refractivity (Wildman–Crippen MR) is 105 cm³/mol. The van der Waals surface area contributed by atoms with Crippen molar-refractivity contribution in [2.24, 2.45) is 10.1 Å². The Morgan fingerprint density at radius 3 is 2.62 bits per heavy atom. The van der Waals surface area contributed by atoms with Crippen molar-refractivity contribution in [3.05, 3.63) is 53.3 Å². The number of carbonyl (C=O) groups excluding carboxylic acids is 1. The van der Waals surface area contributed by atoms with Crippen molar-refractivity contribution >= 4 is 51.6 Å². The van der Waals surface area contributed by atoms with Crippen LogP contribution in [0.2, 0.25) is 0 Å². The van der Waals surface area contributed by atoms with Gasteiger partial charge in [0, 0.05) is 4.90 Å². The number of hydrazone groups is 1. The SMILES string of the molecule is Cc1ccc(Sc2ccc(C=C3C(=N)N4N=C(C(F)(F)F)SC4=NC3=O)o2)cc1. The van der Waals surface area contributed by atoms with Crippen LogP contribution >= 0.6 is 23.5 Å². The summed E-state index contributed by atoms with van der Waals surface area (Å²) in [4.78, 5) is 16.8. The number of amides is 1. The number of carbonyl (C=O) groups is 1. The van der Waals surface area contributed by atoms with Gasteiger partial charge in [-0.1, -0.05) is 29.5 Å². The van der Waals surface area contributed by atoms with Crippen LogP contribution in [0.25, 0.3) is 6.08 Å². The number of nitrogens with zero attached hydrogens (tertiary/aromatic N) is 3. The van der Waals surface area contributed by atoms with Crippen molar-refractivity contribution in [1.29, 1.82) is 5.41 Å². The van der Waals surface area contributed by atoms with Crippen LogP contribution in [-0.4, -0.2) is 33.1 Å². The third-order valence-electron chi connectivity index (χ3n) is 3.83. The van der Waals surface area contributed by atoms with Gasteiger partial charge in [-0.3, -0.25) is 10.2 Å². The smallest absolute Gasteiger partial charge is 0.441 e. The summed E-state index contributed by atoms with van der Waals surface area (Å²) < 4.78 is 44.2. The van der Waals surface area contributed by atoms with Crippen molar-refractivity contribution < 1.29 is 22.4 Å². The topological polar surface area (TPSA) is 82.0 Å². The van der Waals surface area contributed by atoms with Crippen LogP contribution in [0.5, 0.6) is 0 Å². The second-order valence-corrected chi connectivity index (χ2v) is 8.03. The highest BCUT2D eigenvalue weighted by Crippen LogP contribution is 2.36. The van der Waals surface area contributed by atoms with Crippen molar-refractivity contribution in [3.63, 3.8) is 0 Å². The largest absolute Gasteiger partial charge is 0.450 e. The Bertz CT molecular complexity index is 1100. The lowest BCUT2D eigenvalue weighted by Crippen LogP contribution is -2.35. The summed E-state index contributed by atoms with van der Waals surface area (Å²) in [5, 5.41) is 11.2. The standard InChI is InChI=1S/C18H11F3N4O2S2/c1-9-2-5-11(6-3-9)28-13-7-4-10(27-13)8-12-14(22)25-17(23-15(12)26)29-16(24-25)18(19,20)21/h2-8,22H,1H3. The van der Waals surface area contributed by atoms with Crippen molar-refractivity contribution in [2.75, 3.05) is 0 Å². The zero-order chi connectivity index (χ0) is 20.8. The van der Waals surface area contributed by atoms with E-state index in [1.807, 2.05) is 31.2 Å². The Kier molecular flexibility index (Phi) is 4.87. The summed E-state index contributed by atoms with van der Waals surface area (Å²) in [5.74, 6) is -1.04. The molecule has 0 radical (unpaired) electrons. The molecule has 1 N–H and O–H groups in total. The van der Waals surface area contributed by atoms with Crippen LogP contribution in [0.3, 0.4) is 0 Å². The first-order chi connectivity index (χ1) is 13.7. The molecule has 0 saturated carbocycles. The van der Waals surface area contributed by atoms with Gasteiger partial charge in [0.2, 0.25) is 10.2 Å². The number of benzene rings is 1. The number of nitrogens with one attached hydrogen (secondary N) is 1. The highest BCUT2D eigenvalue weighted by Gasteiger charge is 2.46. The summed E-state index contributed by atoms with van der Waals surface area (Å²) in [6, 6.07) is 11.1. The fraction of sp³-hybridized carbons (Fsp3) is 0.111. The molecule has 148 valence electrons. The molecule has 0 fully saturated rings. The minimum absolute atomic E-state index is 0.206. The van der Waals surface area contributed by atoms with E-state index in [0.717, 1.165) is 10.5 Å². The minimum Gasteiger partial charge on any atom is -0.450 e. The zero-order valence-corrected chi connectivity index (χ0v) is 16.3. The lowest BCUT2D eigenvalue weighted by atomic mass is 10.1. The number of alkyl halides is 3. The van der Waals surface area contributed by atoms with Crippen LogP contribution in [0.15, 0.2) is 66.5 Å². The summed E-state index contributed by atoms with van der Waals surface area (Å²) in [7, 11) is 0. The van der Waals surface area contributed by atoms with Gasteiger partial charge < -0.3 is 4.42 Å². The Morgan fingerprint density at radius 2 is 1.93 bits per heavy atom. The number of thioether (sulfide) groups is 1. The maximum atomic E-state index is 12.9. The minimum atomic E-state index is -4.68. The Labute approximate surface area is 171 Å². The van der Waals surface area contributed by atoms with Crippen LogP contribution < -0.4 is 0 Å². The van der Waals surface area contributed by atoms with Gasteiger partial charge in [0.25, 0.3) is 5.91 Å². The number of furan rings is 1. The van der Waals surface area contributed by atoms with Gasteiger partial charge in [0.1, 0.15) is 5.76 Å². The number of hydrogen-bond acceptors (Lipinski definition) is 6. The molecule has 29 heavy (non-hydrogen) atoms. The molecule has 6 nitrogen and oxygen atoms in total. The molecule has 1 aromatic carbocycles. The molecule has 1 amide bonds. The first-order valence-corrected chi connectivity index (χ1v) is 9.76. The third-order valence-corrected chi connectivity index (χ3v) is 5.71. The fourth-order valence-electron chi connectivity index (χ4n) is 2.44. The lowest BCUT2D eigenvalue weighted by molar-refractivity contribution is -0.114. The van der Waals surface area contributed by atoms with E-state index in [-0.39, 0.29) is 28.3 Å².